The van der Waals surface area contributed by atoms with E-state index in [9.17, 15) is 18.8 Å². The number of benzene rings is 2. The molecule has 2 aromatic rings. The topological polar surface area (TPSA) is 75.7 Å². The summed E-state index contributed by atoms with van der Waals surface area (Å²) in [5.41, 5.74) is 0.568. The molecule has 0 aliphatic carbocycles. The number of hydrogen-bond acceptors (Lipinski definition) is 4. The Labute approximate surface area is 143 Å². The highest BCUT2D eigenvalue weighted by atomic mass is 19.1. The van der Waals surface area contributed by atoms with E-state index in [-0.39, 0.29) is 18.7 Å². The lowest BCUT2D eigenvalue weighted by molar-refractivity contribution is -0.126. The van der Waals surface area contributed by atoms with E-state index in [1.807, 2.05) is 0 Å². The fourth-order valence-corrected chi connectivity index (χ4v) is 2.54. The summed E-state index contributed by atoms with van der Waals surface area (Å²) in [6, 6.07) is 13.7. The van der Waals surface area contributed by atoms with Gasteiger partial charge in [0.2, 0.25) is 0 Å². The summed E-state index contributed by atoms with van der Waals surface area (Å²) in [6.45, 7) is -0.413. The molecule has 1 unspecified atom stereocenters. The maximum atomic E-state index is 13.8. The Morgan fingerprint density at radius 3 is 2.44 bits per heavy atom. The van der Waals surface area contributed by atoms with Crippen LogP contribution in [0, 0.1) is 5.82 Å². The van der Waals surface area contributed by atoms with Crippen molar-refractivity contribution in [3.8, 4) is 0 Å². The summed E-state index contributed by atoms with van der Waals surface area (Å²) in [7, 11) is 0. The average molecular weight is 342 g/mol. The maximum absolute atomic E-state index is 13.8. The van der Waals surface area contributed by atoms with Gasteiger partial charge >= 0.3 is 6.09 Å². The molecule has 6 nitrogen and oxygen atoms in total. The predicted molar refractivity (Wildman–Crippen MR) is 86.1 cm³/mol. The number of imide groups is 1. The van der Waals surface area contributed by atoms with E-state index < -0.39 is 29.8 Å². The lowest BCUT2D eigenvalue weighted by atomic mass is 10.1. The standard InChI is InChI=1S/C18H15FN2O4/c19-14-9-5-4-8-13(14)17(23)20-15(12-6-2-1-3-7-12)10-21-16(22)11-25-18(21)24/h1-9,15H,10-11H2,(H,20,23). The predicted octanol–water partition coefficient (Wildman–Crippen LogP) is 2.28. The molecule has 1 atom stereocenters. The highest BCUT2D eigenvalue weighted by Gasteiger charge is 2.34. The normalized spacial score (nSPS) is 15.0. The molecule has 0 radical (unpaired) electrons. The Kier molecular flexibility index (Phi) is 4.74. The van der Waals surface area contributed by atoms with Gasteiger partial charge in [0.05, 0.1) is 18.2 Å². The van der Waals surface area contributed by atoms with Crippen molar-refractivity contribution in [1.82, 2.24) is 10.2 Å². The van der Waals surface area contributed by atoms with E-state index >= 15 is 0 Å². The summed E-state index contributed by atoms with van der Waals surface area (Å²) in [5.74, 6) is -1.76. The van der Waals surface area contributed by atoms with Crippen LogP contribution in [0.3, 0.4) is 0 Å². The Balaban J connectivity index is 1.84. The number of carbonyl (C=O) groups excluding carboxylic acids is 3. The summed E-state index contributed by atoms with van der Waals surface area (Å²) in [4.78, 5) is 36.8. The van der Waals surface area contributed by atoms with Gasteiger partial charge in [0, 0.05) is 0 Å². The van der Waals surface area contributed by atoms with Gasteiger partial charge in [-0.15, -0.1) is 0 Å². The van der Waals surface area contributed by atoms with Crippen molar-refractivity contribution in [2.75, 3.05) is 13.2 Å². The van der Waals surface area contributed by atoms with E-state index in [0.29, 0.717) is 5.56 Å². The molecule has 1 fully saturated rings. The monoisotopic (exact) mass is 342 g/mol. The number of amides is 3. The van der Waals surface area contributed by atoms with Crippen molar-refractivity contribution in [3.05, 3.63) is 71.5 Å². The van der Waals surface area contributed by atoms with E-state index in [1.54, 1.807) is 36.4 Å². The molecule has 0 aromatic heterocycles. The first-order chi connectivity index (χ1) is 12.1. The highest BCUT2D eigenvalue weighted by Crippen LogP contribution is 2.18. The molecule has 0 spiro atoms. The smallest absolute Gasteiger partial charge is 0.417 e. The summed E-state index contributed by atoms with van der Waals surface area (Å²) in [5, 5.41) is 2.68. The summed E-state index contributed by atoms with van der Waals surface area (Å²) >= 11 is 0. The van der Waals surface area contributed by atoms with Crippen LogP contribution >= 0.6 is 0 Å². The second-order valence-electron chi connectivity index (χ2n) is 5.48. The van der Waals surface area contributed by atoms with Gasteiger partial charge in [-0.05, 0) is 17.7 Å². The molecular weight excluding hydrogens is 327 g/mol. The number of halogens is 1. The highest BCUT2D eigenvalue weighted by molar-refractivity contribution is 5.98. The third kappa shape index (κ3) is 3.65. The van der Waals surface area contributed by atoms with Crippen LogP contribution in [0.5, 0.6) is 0 Å². The van der Waals surface area contributed by atoms with E-state index in [0.717, 1.165) is 4.90 Å². The van der Waals surface area contributed by atoms with Crippen molar-refractivity contribution in [3.63, 3.8) is 0 Å². The van der Waals surface area contributed by atoms with Gasteiger partial charge in [-0.25, -0.2) is 14.1 Å². The van der Waals surface area contributed by atoms with Gasteiger partial charge in [-0.2, -0.15) is 0 Å². The van der Waals surface area contributed by atoms with Gasteiger partial charge in [-0.1, -0.05) is 42.5 Å². The quantitative estimate of drug-likeness (QED) is 0.904. The minimum Gasteiger partial charge on any atom is -0.439 e. The second kappa shape index (κ2) is 7.12. The fraction of sp³-hybridized carbons (Fsp3) is 0.167. The molecule has 2 aromatic carbocycles. The largest absolute Gasteiger partial charge is 0.439 e. The van der Waals surface area contributed by atoms with Crippen LogP contribution in [-0.2, 0) is 9.53 Å². The minimum absolute atomic E-state index is 0.0954. The van der Waals surface area contributed by atoms with Crippen molar-refractivity contribution >= 4 is 17.9 Å². The minimum atomic E-state index is -0.758. The molecule has 1 aliphatic heterocycles. The number of hydrogen-bond donors (Lipinski definition) is 1. The molecule has 1 N–H and O–H groups in total. The average Bonchev–Trinajstić information content (AvgIpc) is 2.94. The van der Waals surface area contributed by atoms with Crippen LogP contribution in [0.1, 0.15) is 22.0 Å². The van der Waals surface area contributed by atoms with Gasteiger partial charge in [0.25, 0.3) is 11.8 Å². The molecule has 7 heteroatoms. The van der Waals surface area contributed by atoms with Crippen LogP contribution in [0.15, 0.2) is 54.6 Å². The molecule has 25 heavy (non-hydrogen) atoms. The Bertz CT molecular complexity index is 794. The summed E-state index contributed by atoms with van der Waals surface area (Å²) in [6.07, 6.45) is -0.758. The number of ether oxygens (including phenoxy) is 1. The fourth-order valence-electron chi connectivity index (χ4n) is 2.54. The SMILES string of the molecule is O=C(NC(CN1C(=O)COC1=O)c1ccccc1)c1ccccc1F. The molecule has 1 aliphatic rings. The van der Waals surface area contributed by atoms with Gasteiger partial charge in [0.1, 0.15) is 5.82 Å². The van der Waals surface area contributed by atoms with E-state index in [1.165, 1.54) is 18.2 Å². The zero-order valence-corrected chi connectivity index (χ0v) is 13.1. The third-order valence-corrected chi connectivity index (χ3v) is 3.83. The first kappa shape index (κ1) is 16.6. The first-order valence-electron chi connectivity index (χ1n) is 7.63. The molecule has 1 saturated heterocycles. The van der Waals surface area contributed by atoms with Gasteiger partial charge < -0.3 is 10.1 Å². The molecule has 1 heterocycles. The number of carbonyl (C=O) groups is 3. The van der Waals surface area contributed by atoms with Crippen LogP contribution in [-0.4, -0.2) is 36.0 Å². The van der Waals surface area contributed by atoms with Gasteiger partial charge in [0.15, 0.2) is 6.61 Å². The second-order valence-corrected chi connectivity index (χ2v) is 5.48. The molecule has 128 valence electrons. The number of rotatable bonds is 5. The zero-order valence-electron chi connectivity index (χ0n) is 13.1. The molecular formula is C18H15FN2O4. The zero-order chi connectivity index (χ0) is 17.8. The Hall–Kier alpha value is -3.22. The van der Waals surface area contributed by atoms with Crippen molar-refractivity contribution in [1.29, 1.82) is 0 Å². The van der Waals surface area contributed by atoms with Crippen LogP contribution in [0.4, 0.5) is 9.18 Å². The third-order valence-electron chi connectivity index (χ3n) is 3.83. The van der Waals surface area contributed by atoms with Crippen molar-refractivity contribution < 1.29 is 23.5 Å². The van der Waals surface area contributed by atoms with Crippen molar-refractivity contribution in [2.24, 2.45) is 0 Å². The van der Waals surface area contributed by atoms with Crippen molar-refractivity contribution in [2.45, 2.75) is 6.04 Å². The molecule has 0 bridgehead atoms. The maximum Gasteiger partial charge on any atom is 0.417 e. The van der Waals surface area contributed by atoms with Gasteiger partial charge in [-0.3, -0.25) is 9.59 Å². The number of cyclic esters (lactones) is 1. The van der Waals surface area contributed by atoms with E-state index in [2.05, 4.69) is 10.1 Å². The lowest BCUT2D eigenvalue weighted by Gasteiger charge is -2.23. The van der Waals surface area contributed by atoms with E-state index in [4.69, 9.17) is 0 Å². The number of nitrogens with one attached hydrogen (secondary N) is 1. The Morgan fingerprint density at radius 1 is 1.12 bits per heavy atom. The molecule has 0 saturated carbocycles. The lowest BCUT2D eigenvalue weighted by Crippen LogP contribution is -2.40. The molecule has 3 amide bonds. The molecule has 3 rings (SSSR count). The number of nitrogens with zero attached hydrogens (tertiary/aromatic N) is 1. The van der Waals surface area contributed by atoms with Crippen LogP contribution in [0.2, 0.25) is 0 Å². The summed E-state index contributed by atoms with van der Waals surface area (Å²) < 4.78 is 18.5. The van der Waals surface area contributed by atoms with Crippen LogP contribution in [0.25, 0.3) is 0 Å². The van der Waals surface area contributed by atoms with Crippen LogP contribution < -0.4 is 5.32 Å². The Morgan fingerprint density at radius 2 is 1.80 bits per heavy atom. The first-order valence-corrected chi connectivity index (χ1v) is 7.63.